The highest BCUT2D eigenvalue weighted by Gasteiger charge is 2.45. The molecule has 0 amide bonds. The quantitative estimate of drug-likeness (QED) is 0.780. The highest BCUT2D eigenvalue weighted by molar-refractivity contribution is 5.50. The van der Waals surface area contributed by atoms with Crippen LogP contribution in [0.2, 0.25) is 0 Å². The van der Waals surface area contributed by atoms with Crippen LogP contribution in [0.5, 0.6) is 0 Å². The van der Waals surface area contributed by atoms with Gasteiger partial charge in [0.05, 0.1) is 6.61 Å². The van der Waals surface area contributed by atoms with Crippen molar-refractivity contribution in [3.05, 3.63) is 29.3 Å². The molecule has 1 heterocycles. The average Bonchev–Trinajstić information content (AvgIpc) is 2.59. The number of fused-ring (bicyclic) bond motifs is 1. The van der Waals surface area contributed by atoms with Crippen LogP contribution in [0.1, 0.15) is 17.2 Å². The molecule has 1 N–H and O–H groups in total. The van der Waals surface area contributed by atoms with Crippen LogP contribution < -0.4 is 5.32 Å². The first-order chi connectivity index (χ1) is 7.02. The predicted molar refractivity (Wildman–Crippen MR) is 49.6 cm³/mol. The summed E-state index contributed by atoms with van der Waals surface area (Å²) in [6, 6.07) is 4.88. The number of anilines is 1. The summed E-state index contributed by atoms with van der Waals surface area (Å²) >= 11 is 0. The number of nitrogens with one attached hydrogen (secondary N) is 1. The minimum Gasteiger partial charge on any atom is -0.388 e. The molecule has 2 rings (SSSR count). The maximum absolute atomic E-state index is 12.5. The van der Waals surface area contributed by atoms with Gasteiger partial charge < -0.3 is 10.1 Å². The maximum Gasteiger partial charge on any atom is 0.418 e. The standard InChI is InChI=1S/C10H10F3NO/c1-14-7-3-2-6-5-15-9(8(6)4-7)10(11,12)13/h2-4,9,14H,5H2,1H3. The predicted octanol–water partition coefficient (Wildman–Crippen LogP) is 2.86. The molecular weight excluding hydrogens is 207 g/mol. The van der Waals surface area contributed by atoms with E-state index in [1.54, 1.807) is 19.2 Å². The van der Waals surface area contributed by atoms with Gasteiger partial charge in [-0.2, -0.15) is 13.2 Å². The smallest absolute Gasteiger partial charge is 0.388 e. The van der Waals surface area contributed by atoms with Crippen LogP contribution >= 0.6 is 0 Å². The third kappa shape index (κ3) is 1.79. The van der Waals surface area contributed by atoms with Gasteiger partial charge in [0.2, 0.25) is 0 Å². The number of ether oxygens (including phenoxy) is 1. The fraction of sp³-hybridized carbons (Fsp3) is 0.400. The Labute approximate surface area is 85.0 Å². The van der Waals surface area contributed by atoms with Crippen molar-refractivity contribution in [2.24, 2.45) is 0 Å². The van der Waals surface area contributed by atoms with E-state index in [9.17, 15) is 13.2 Å². The molecule has 5 heteroatoms. The lowest BCUT2D eigenvalue weighted by Crippen LogP contribution is -2.19. The Morgan fingerprint density at radius 1 is 1.40 bits per heavy atom. The van der Waals surface area contributed by atoms with Crippen molar-refractivity contribution >= 4 is 5.69 Å². The van der Waals surface area contributed by atoms with Crippen molar-refractivity contribution in [3.63, 3.8) is 0 Å². The van der Waals surface area contributed by atoms with Crippen LogP contribution in [0.25, 0.3) is 0 Å². The van der Waals surface area contributed by atoms with Crippen molar-refractivity contribution < 1.29 is 17.9 Å². The van der Waals surface area contributed by atoms with Gasteiger partial charge in [-0.1, -0.05) is 6.07 Å². The molecule has 15 heavy (non-hydrogen) atoms. The minimum absolute atomic E-state index is 0.0313. The molecule has 1 aliphatic heterocycles. The molecule has 1 unspecified atom stereocenters. The van der Waals surface area contributed by atoms with Crippen molar-refractivity contribution in [2.45, 2.75) is 18.9 Å². The number of hydrogen-bond donors (Lipinski definition) is 1. The summed E-state index contributed by atoms with van der Waals surface area (Å²) in [4.78, 5) is 0. The first-order valence-electron chi connectivity index (χ1n) is 4.51. The second kappa shape index (κ2) is 3.41. The molecule has 1 aromatic rings. The zero-order valence-corrected chi connectivity index (χ0v) is 8.06. The first kappa shape index (κ1) is 10.3. The fourth-order valence-corrected chi connectivity index (χ4v) is 1.66. The van der Waals surface area contributed by atoms with Gasteiger partial charge in [0.15, 0.2) is 6.10 Å². The molecule has 1 aromatic carbocycles. The topological polar surface area (TPSA) is 21.3 Å². The Balaban J connectivity index is 2.40. The summed E-state index contributed by atoms with van der Waals surface area (Å²) in [7, 11) is 1.67. The second-order valence-electron chi connectivity index (χ2n) is 3.40. The van der Waals surface area contributed by atoms with Crippen LogP contribution in [0.4, 0.5) is 18.9 Å². The molecule has 0 bridgehead atoms. The lowest BCUT2D eigenvalue weighted by Gasteiger charge is -2.15. The van der Waals surface area contributed by atoms with E-state index in [0.717, 1.165) is 0 Å². The Morgan fingerprint density at radius 3 is 2.73 bits per heavy atom. The van der Waals surface area contributed by atoms with E-state index in [2.05, 4.69) is 5.32 Å². The monoisotopic (exact) mass is 217 g/mol. The highest BCUT2D eigenvalue weighted by atomic mass is 19.4. The number of halogens is 3. The largest absolute Gasteiger partial charge is 0.418 e. The third-order valence-electron chi connectivity index (χ3n) is 2.42. The summed E-state index contributed by atoms with van der Waals surface area (Å²) in [5.74, 6) is 0. The average molecular weight is 217 g/mol. The molecule has 2 nitrogen and oxygen atoms in total. The van der Waals surface area contributed by atoms with Crippen molar-refractivity contribution in [1.29, 1.82) is 0 Å². The van der Waals surface area contributed by atoms with E-state index in [-0.39, 0.29) is 12.2 Å². The van der Waals surface area contributed by atoms with Crippen LogP contribution in [-0.4, -0.2) is 13.2 Å². The van der Waals surface area contributed by atoms with E-state index in [1.165, 1.54) is 6.07 Å². The number of hydrogen-bond acceptors (Lipinski definition) is 2. The van der Waals surface area contributed by atoms with Gasteiger partial charge in [-0.3, -0.25) is 0 Å². The van der Waals surface area contributed by atoms with Crippen LogP contribution in [-0.2, 0) is 11.3 Å². The SMILES string of the molecule is CNc1ccc2c(c1)C(C(F)(F)F)OC2. The summed E-state index contributed by atoms with van der Waals surface area (Å²) in [6.45, 7) is 0.0313. The summed E-state index contributed by atoms with van der Waals surface area (Å²) in [6.07, 6.45) is -6.11. The van der Waals surface area contributed by atoms with Crippen LogP contribution in [0.3, 0.4) is 0 Å². The lowest BCUT2D eigenvalue weighted by atomic mass is 10.0. The first-order valence-corrected chi connectivity index (χ1v) is 4.51. The number of rotatable bonds is 1. The molecule has 0 radical (unpaired) electrons. The van der Waals surface area contributed by atoms with Gasteiger partial charge in [0.1, 0.15) is 0 Å². The van der Waals surface area contributed by atoms with Gasteiger partial charge in [-0.15, -0.1) is 0 Å². The zero-order valence-electron chi connectivity index (χ0n) is 8.06. The summed E-state index contributed by atoms with van der Waals surface area (Å²) < 4.78 is 42.3. The summed E-state index contributed by atoms with van der Waals surface area (Å²) in [5.41, 5.74) is 1.49. The number of alkyl halides is 3. The molecule has 82 valence electrons. The molecule has 0 saturated heterocycles. The van der Waals surface area contributed by atoms with Gasteiger partial charge in [0.25, 0.3) is 0 Å². The van der Waals surface area contributed by atoms with Crippen molar-refractivity contribution in [3.8, 4) is 0 Å². The van der Waals surface area contributed by atoms with E-state index in [0.29, 0.717) is 11.3 Å². The summed E-state index contributed by atoms with van der Waals surface area (Å²) in [5, 5.41) is 2.81. The lowest BCUT2D eigenvalue weighted by molar-refractivity contribution is -0.219. The van der Waals surface area contributed by atoms with E-state index in [1.807, 2.05) is 0 Å². The molecule has 1 atom stereocenters. The van der Waals surface area contributed by atoms with Gasteiger partial charge >= 0.3 is 6.18 Å². The molecule has 0 aliphatic carbocycles. The number of benzene rings is 1. The Morgan fingerprint density at radius 2 is 2.13 bits per heavy atom. The molecule has 0 aromatic heterocycles. The minimum atomic E-state index is -4.34. The molecule has 1 aliphatic rings. The molecule has 0 saturated carbocycles. The zero-order chi connectivity index (χ0) is 11.1. The van der Waals surface area contributed by atoms with Gasteiger partial charge in [-0.05, 0) is 23.3 Å². The van der Waals surface area contributed by atoms with E-state index < -0.39 is 12.3 Å². The van der Waals surface area contributed by atoms with Crippen molar-refractivity contribution in [2.75, 3.05) is 12.4 Å². The fourth-order valence-electron chi connectivity index (χ4n) is 1.66. The van der Waals surface area contributed by atoms with Gasteiger partial charge in [-0.25, -0.2) is 0 Å². The van der Waals surface area contributed by atoms with Crippen molar-refractivity contribution in [1.82, 2.24) is 0 Å². The Kier molecular flexibility index (Phi) is 2.34. The Hall–Kier alpha value is -1.23. The molecular formula is C10H10F3NO. The molecule has 0 fully saturated rings. The van der Waals surface area contributed by atoms with E-state index in [4.69, 9.17) is 4.74 Å². The Bertz CT molecular complexity index is 375. The van der Waals surface area contributed by atoms with Crippen LogP contribution in [0, 0.1) is 0 Å². The van der Waals surface area contributed by atoms with E-state index >= 15 is 0 Å². The van der Waals surface area contributed by atoms with Gasteiger partial charge in [0, 0.05) is 12.7 Å². The normalized spacial score (nSPS) is 20.1. The van der Waals surface area contributed by atoms with Crippen LogP contribution in [0.15, 0.2) is 18.2 Å². The maximum atomic E-state index is 12.5. The second-order valence-corrected chi connectivity index (χ2v) is 3.40. The highest BCUT2D eigenvalue weighted by Crippen LogP contribution is 2.43. The molecule has 0 spiro atoms. The third-order valence-corrected chi connectivity index (χ3v) is 2.42.